The molecule has 2 rings (SSSR count). The molecule has 9 heteroatoms. The highest BCUT2D eigenvalue weighted by molar-refractivity contribution is 7.85. The molecule has 8 nitrogen and oxygen atoms in total. The third kappa shape index (κ3) is 4.45. The maximum Gasteiger partial charge on any atom is 0.426 e. The maximum atomic E-state index is 12.2. The summed E-state index contributed by atoms with van der Waals surface area (Å²) < 4.78 is 38.7. The number of amides is 1. The highest BCUT2D eigenvalue weighted by Crippen LogP contribution is 2.23. The van der Waals surface area contributed by atoms with E-state index in [1.165, 1.54) is 0 Å². The molecule has 1 aromatic rings. The van der Waals surface area contributed by atoms with Gasteiger partial charge in [-0.25, -0.2) is 9.59 Å². The highest BCUT2D eigenvalue weighted by atomic mass is 32.2. The average molecular weight is 357 g/mol. The highest BCUT2D eigenvalue weighted by Gasteiger charge is 2.49. The quantitative estimate of drug-likeness (QED) is 0.758. The number of rotatable bonds is 3. The van der Waals surface area contributed by atoms with Crippen LogP contribution in [0.2, 0.25) is 0 Å². The third-order valence-electron chi connectivity index (χ3n) is 2.97. The largest absolute Gasteiger partial charge is 0.459 e. The summed E-state index contributed by atoms with van der Waals surface area (Å²) in [5, 5.41) is 0. The van der Waals surface area contributed by atoms with Gasteiger partial charge in [0, 0.05) is 0 Å². The number of esters is 1. The second kappa shape index (κ2) is 6.78. The second-order valence-corrected chi connectivity index (χ2v) is 7.61. The van der Waals surface area contributed by atoms with Crippen LogP contribution in [-0.4, -0.2) is 43.0 Å². The van der Waals surface area contributed by atoms with E-state index < -0.39 is 40.6 Å². The Morgan fingerprint density at radius 1 is 1.25 bits per heavy atom. The molecule has 1 amide bonds. The fourth-order valence-corrected chi connectivity index (χ4v) is 3.04. The Hall–Kier alpha value is -2.13. The van der Waals surface area contributed by atoms with E-state index in [1.807, 2.05) is 6.07 Å². The van der Waals surface area contributed by atoms with Gasteiger partial charge in [0.15, 0.2) is 6.04 Å². The SMILES string of the molecule is CC(C)(C)OC(=O)N1[C@@H](C(=O)OCc2ccccc2)COS1(=O)=O. The summed E-state index contributed by atoms with van der Waals surface area (Å²) in [5.41, 5.74) is -0.190. The Morgan fingerprint density at radius 2 is 1.88 bits per heavy atom. The standard InChI is InChI=1S/C15H19NO7S/c1-15(2,3)23-14(18)16-12(10-22-24(16,19)20)13(17)21-9-11-7-5-4-6-8-11/h4-8,12H,9-10H2,1-3H3/t12-/m1/s1. The minimum atomic E-state index is -4.38. The molecule has 0 spiro atoms. The molecule has 0 bridgehead atoms. The minimum Gasteiger partial charge on any atom is -0.459 e. The van der Waals surface area contributed by atoms with Crippen LogP contribution in [-0.2, 0) is 35.4 Å². The van der Waals surface area contributed by atoms with Crippen molar-refractivity contribution in [2.24, 2.45) is 0 Å². The molecular formula is C15H19NO7S. The van der Waals surface area contributed by atoms with Crippen molar-refractivity contribution >= 4 is 22.4 Å². The lowest BCUT2D eigenvalue weighted by atomic mass is 10.2. The number of carbonyl (C=O) groups is 2. The van der Waals surface area contributed by atoms with Gasteiger partial charge in [-0.3, -0.25) is 4.18 Å². The van der Waals surface area contributed by atoms with E-state index in [0.717, 1.165) is 5.56 Å². The fraction of sp³-hybridized carbons (Fsp3) is 0.467. The molecule has 0 aromatic heterocycles. The zero-order valence-electron chi connectivity index (χ0n) is 13.6. The van der Waals surface area contributed by atoms with E-state index in [4.69, 9.17) is 9.47 Å². The number of benzene rings is 1. The maximum absolute atomic E-state index is 12.2. The Balaban J connectivity index is 2.09. The monoisotopic (exact) mass is 357 g/mol. The number of nitrogens with zero attached hydrogens (tertiary/aromatic N) is 1. The van der Waals surface area contributed by atoms with Crippen molar-refractivity contribution in [2.45, 2.75) is 39.0 Å². The van der Waals surface area contributed by atoms with Crippen LogP contribution in [0.4, 0.5) is 4.79 Å². The van der Waals surface area contributed by atoms with Crippen molar-refractivity contribution in [3.63, 3.8) is 0 Å². The van der Waals surface area contributed by atoms with Crippen molar-refractivity contribution in [1.82, 2.24) is 4.31 Å². The van der Waals surface area contributed by atoms with Crippen molar-refractivity contribution in [1.29, 1.82) is 0 Å². The van der Waals surface area contributed by atoms with Crippen LogP contribution >= 0.6 is 0 Å². The summed E-state index contributed by atoms with van der Waals surface area (Å²) in [6, 6.07) is 7.46. The number of hydrogen-bond donors (Lipinski definition) is 0. The molecule has 132 valence electrons. The molecule has 1 atom stereocenters. The van der Waals surface area contributed by atoms with Gasteiger partial charge in [0.1, 0.15) is 18.8 Å². The van der Waals surface area contributed by atoms with Crippen molar-refractivity contribution in [2.75, 3.05) is 6.61 Å². The lowest BCUT2D eigenvalue weighted by Crippen LogP contribution is -2.46. The molecule has 0 unspecified atom stereocenters. The van der Waals surface area contributed by atoms with Crippen molar-refractivity contribution in [3.8, 4) is 0 Å². The average Bonchev–Trinajstić information content (AvgIpc) is 2.79. The topological polar surface area (TPSA) is 99.2 Å². The molecule has 1 saturated heterocycles. The molecule has 1 heterocycles. The van der Waals surface area contributed by atoms with Crippen molar-refractivity contribution in [3.05, 3.63) is 35.9 Å². The van der Waals surface area contributed by atoms with Gasteiger partial charge < -0.3 is 9.47 Å². The smallest absolute Gasteiger partial charge is 0.426 e. The van der Waals surface area contributed by atoms with Gasteiger partial charge in [-0.05, 0) is 26.3 Å². The van der Waals surface area contributed by atoms with E-state index in [9.17, 15) is 18.0 Å². The van der Waals surface area contributed by atoms with Gasteiger partial charge >= 0.3 is 22.4 Å². The van der Waals surface area contributed by atoms with Gasteiger partial charge in [-0.2, -0.15) is 12.7 Å². The van der Waals surface area contributed by atoms with Gasteiger partial charge in [0.2, 0.25) is 0 Å². The van der Waals surface area contributed by atoms with Gasteiger partial charge in [0.05, 0.1) is 0 Å². The molecule has 0 aliphatic carbocycles. The predicted octanol–water partition coefficient (Wildman–Crippen LogP) is 1.61. The first-order valence-electron chi connectivity index (χ1n) is 7.22. The van der Waals surface area contributed by atoms with Gasteiger partial charge in [0.25, 0.3) is 0 Å². The molecule has 1 fully saturated rings. The molecule has 0 radical (unpaired) electrons. The van der Waals surface area contributed by atoms with Crippen LogP contribution in [0.5, 0.6) is 0 Å². The summed E-state index contributed by atoms with van der Waals surface area (Å²) in [5.74, 6) is -0.884. The summed E-state index contributed by atoms with van der Waals surface area (Å²) in [7, 11) is -4.38. The number of carbonyl (C=O) groups excluding carboxylic acids is 2. The van der Waals surface area contributed by atoms with Crippen molar-refractivity contribution < 1.29 is 31.7 Å². The zero-order valence-corrected chi connectivity index (χ0v) is 14.4. The van der Waals surface area contributed by atoms with Crippen LogP contribution in [0.25, 0.3) is 0 Å². The lowest BCUT2D eigenvalue weighted by Gasteiger charge is -2.25. The van der Waals surface area contributed by atoms with E-state index in [2.05, 4.69) is 4.18 Å². The first-order valence-corrected chi connectivity index (χ1v) is 8.59. The first kappa shape index (κ1) is 18.2. The van der Waals surface area contributed by atoms with Crippen LogP contribution in [0.1, 0.15) is 26.3 Å². The summed E-state index contributed by atoms with van der Waals surface area (Å²) in [6.07, 6.45) is -1.18. The molecule has 1 aliphatic heterocycles. The number of ether oxygens (including phenoxy) is 2. The Labute approximate surface area is 140 Å². The molecule has 0 N–H and O–H groups in total. The minimum absolute atomic E-state index is 0.0433. The lowest BCUT2D eigenvalue weighted by molar-refractivity contribution is -0.149. The second-order valence-electron chi connectivity index (χ2n) is 6.13. The molecule has 1 aliphatic rings. The zero-order chi connectivity index (χ0) is 18.0. The van der Waals surface area contributed by atoms with Crippen LogP contribution in [0.15, 0.2) is 30.3 Å². The summed E-state index contributed by atoms with van der Waals surface area (Å²) in [4.78, 5) is 24.3. The van der Waals surface area contributed by atoms with E-state index in [1.54, 1.807) is 45.0 Å². The first-order chi connectivity index (χ1) is 11.1. The van der Waals surface area contributed by atoms with Crippen LogP contribution < -0.4 is 0 Å². The third-order valence-corrected chi connectivity index (χ3v) is 4.29. The van der Waals surface area contributed by atoms with E-state index >= 15 is 0 Å². The summed E-state index contributed by atoms with van der Waals surface area (Å²) in [6.45, 7) is 4.19. The Kier molecular flexibility index (Phi) is 5.14. The van der Waals surface area contributed by atoms with Crippen LogP contribution in [0, 0.1) is 0 Å². The van der Waals surface area contributed by atoms with Gasteiger partial charge in [-0.15, -0.1) is 0 Å². The molecule has 24 heavy (non-hydrogen) atoms. The summed E-state index contributed by atoms with van der Waals surface area (Å²) >= 11 is 0. The van der Waals surface area contributed by atoms with Crippen LogP contribution in [0.3, 0.4) is 0 Å². The van der Waals surface area contributed by atoms with E-state index in [-0.39, 0.29) is 10.9 Å². The fourth-order valence-electron chi connectivity index (χ4n) is 1.94. The Morgan fingerprint density at radius 3 is 2.46 bits per heavy atom. The Bertz CT molecular complexity index is 709. The van der Waals surface area contributed by atoms with E-state index in [0.29, 0.717) is 0 Å². The number of hydrogen-bond acceptors (Lipinski definition) is 7. The normalized spacial score (nSPS) is 19.8. The predicted molar refractivity (Wildman–Crippen MR) is 83.0 cm³/mol. The molecular weight excluding hydrogens is 338 g/mol. The van der Waals surface area contributed by atoms with Gasteiger partial charge in [-0.1, -0.05) is 30.3 Å². The molecule has 0 saturated carbocycles. The molecule has 1 aromatic carbocycles.